The lowest BCUT2D eigenvalue weighted by Crippen LogP contribution is -2.35. The summed E-state index contributed by atoms with van der Waals surface area (Å²) in [6, 6.07) is 29.6. The van der Waals surface area contributed by atoms with Crippen molar-refractivity contribution in [1.29, 1.82) is 0 Å². The number of benzene rings is 3. The number of hydrogen-bond donors (Lipinski definition) is 0. The Morgan fingerprint density at radius 3 is 2.03 bits per heavy atom. The lowest BCUT2D eigenvalue weighted by atomic mass is 10.0. The molecule has 0 N–H and O–H groups in total. The van der Waals surface area contributed by atoms with Crippen molar-refractivity contribution in [3.8, 4) is 0 Å². The molecule has 1 unspecified atom stereocenters. The Hall–Kier alpha value is -2.69. The van der Waals surface area contributed by atoms with E-state index in [9.17, 15) is 0 Å². The van der Waals surface area contributed by atoms with Crippen molar-refractivity contribution in [1.82, 2.24) is 0 Å². The molecule has 0 amide bonds. The van der Waals surface area contributed by atoms with E-state index in [-0.39, 0.29) is 6.04 Å². The van der Waals surface area contributed by atoms with Crippen LogP contribution in [0.5, 0.6) is 0 Å². The minimum Gasteiger partial charge on any atom is -0.299 e. The van der Waals surface area contributed by atoms with Gasteiger partial charge in [-0.25, -0.2) is 4.40 Å². The zero-order valence-corrected chi connectivity index (χ0v) is 18.7. The van der Waals surface area contributed by atoms with Crippen LogP contribution in [0.1, 0.15) is 12.5 Å². The highest BCUT2D eigenvalue weighted by Gasteiger charge is 2.25. The smallest absolute Gasteiger partial charge is 0.102 e. The summed E-state index contributed by atoms with van der Waals surface area (Å²) in [4.78, 5) is 2.34. The monoisotopic (exact) mass is 428 g/mol. The molecule has 150 valence electrons. The molecule has 1 atom stereocenters. The fourth-order valence-corrected chi connectivity index (χ4v) is 4.80. The number of hydrogen-bond acceptors (Lipinski definition) is 4. The van der Waals surface area contributed by atoms with Gasteiger partial charge < -0.3 is 0 Å². The largest absolute Gasteiger partial charge is 0.299 e. The van der Waals surface area contributed by atoms with Crippen LogP contribution < -0.4 is 4.31 Å². The van der Waals surface area contributed by atoms with Crippen LogP contribution in [0.25, 0.3) is 0 Å². The number of nitrogens with zero attached hydrogens (tertiary/aromatic N) is 2. The summed E-state index contributed by atoms with van der Waals surface area (Å²) < 4.78 is 7.28. The Balaban J connectivity index is 1.70. The fraction of sp³-hybridized carbons (Fsp3) is 0.115. The summed E-state index contributed by atoms with van der Waals surface area (Å²) >= 11 is 3.27. The first kappa shape index (κ1) is 20.6. The lowest BCUT2D eigenvalue weighted by Gasteiger charge is -2.32. The number of anilines is 1. The van der Waals surface area contributed by atoms with Crippen molar-refractivity contribution in [2.45, 2.75) is 29.7 Å². The van der Waals surface area contributed by atoms with Gasteiger partial charge in [0.1, 0.15) is 6.04 Å². The molecule has 1 aliphatic rings. The predicted molar refractivity (Wildman–Crippen MR) is 132 cm³/mol. The van der Waals surface area contributed by atoms with Crippen molar-refractivity contribution >= 4 is 35.3 Å². The quantitative estimate of drug-likeness (QED) is 0.377. The number of aryl methyl sites for hydroxylation is 1. The van der Waals surface area contributed by atoms with Crippen LogP contribution in [-0.2, 0) is 0 Å². The average molecular weight is 429 g/mol. The summed E-state index contributed by atoms with van der Waals surface area (Å²) in [5, 5.41) is 0. The van der Waals surface area contributed by atoms with Gasteiger partial charge in [-0.15, -0.1) is 0 Å². The summed E-state index contributed by atoms with van der Waals surface area (Å²) in [5.74, 6) is 0. The van der Waals surface area contributed by atoms with Crippen LogP contribution in [0, 0.1) is 6.92 Å². The SMILES string of the molecule is CC1=CC(N(Sc2ccccc2)c2ccc(C)cc2)/C(=N\Sc2ccccc2)C=C1. The average Bonchev–Trinajstić information content (AvgIpc) is 2.79. The minimum absolute atomic E-state index is 0.0409. The third kappa shape index (κ3) is 5.26. The molecule has 0 radical (unpaired) electrons. The van der Waals surface area contributed by atoms with Crippen molar-refractivity contribution in [2.24, 2.45) is 4.40 Å². The van der Waals surface area contributed by atoms with Crippen LogP contribution in [0.2, 0.25) is 0 Å². The maximum absolute atomic E-state index is 4.92. The van der Waals surface area contributed by atoms with Gasteiger partial charge in [-0.2, -0.15) is 0 Å². The van der Waals surface area contributed by atoms with Gasteiger partial charge in [0, 0.05) is 27.4 Å². The van der Waals surface area contributed by atoms with E-state index in [1.54, 1.807) is 11.9 Å². The molecule has 30 heavy (non-hydrogen) atoms. The normalized spacial score (nSPS) is 17.1. The Bertz CT molecular complexity index is 1060. The van der Waals surface area contributed by atoms with Gasteiger partial charge in [0.15, 0.2) is 0 Å². The van der Waals surface area contributed by atoms with Gasteiger partial charge in [-0.3, -0.25) is 4.31 Å². The lowest BCUT2D eigenvalue weighted by molar-refractivity contribution is 1.05. The Kier molecular flexibility index (Phi) is 6.77. The molecular formula is C26H24N2S2. The molecule has 0 saturated heterocycles. The molecule has 1 aliphatic carbocycles. The number of rotatable bonds is 6. The van der Waals surface area contributed by atoms with E-state index in [0.29, 0.717) is 0 Å². The Morgan fingerprint density at radius 1 is 0.733 bits per heavy atom. The summed E-state index contributed by atoms with van der Waals surface area (Å²) in [6.07, 6.45) is 6.57. The van der Waals surface area contributed by atoms with Crippen LogP contribution >= 0.6 is 23.9 Å². The number of allylic oxidation sites excluding steroid dienone is 2. The molecule has 0 fully saturated rings. The van der Waals surface area contributed by atoms with Gasteiger partial charge in [0.05, 0.1) is 5.71 Å². The third-order valence-corrected chi connectivity index (χ3v) is 6.63. The standard InChI is InChI=1S/C26H24N2S2/c1-20-13-16-22(17-14-20)28(30-24-11-7-4-8-12-24)26-19-21(2)15-18-25(26)27-29-23-9-5-3-6-10-23/h3-19,26H,1-2H3/b27-25-. The first-order valence-corrected chi connectivity index (χ1v) is 11.5. The van der Waals surface area contributed by atoms with Gasteiger partial charge in [0.2, 0.25) is 0 Å². The van der Waals surface area contributed by atoms with Crippen LogP contribution in [0.4, 0.5) is 5.69 Å². The summed E-state index contributed by atoms with van der Waals surface area (Å²) in [7, 11) is 0. The van der Waals surface area contributed by atoms with Crippen molar-refractivity contribution < 1.29 is 0 Å². The second kappa shape index (κ2) is 9.88. The molecule has 0 heterocycles. The highest BCUT2D eigenvalue weighted by Crippen LogP contribution is 2.34. The maximum atomic E-state index is 4.92. The van der Waals surface area contributed by atoms with Crippen molar-refractivity contribution in [3.05, 3.63) is 114 Å². The molecule has 4 heteroatoms. The first-order chi connectivity index (χ1) is 14.7. The first-order valence-electron chi connectivity index (χ1n) is 9.94. The van der Waals surface area contributed by atoms with Gasteiger partial charge in [-0.05, 0) is 68.3 Å². The van der Waals surface area contributed by atoms with E-state index in [1.165, 1.54) is 28.0 Å². The van der Waals surface area contributed by atoms with Crippen LogP contribution in [0.3, 0.4) is 0 Å². The van der Waals surface area contributed by atoms with E-state index >= 15 is 0 Å². The van der Waals surface area contributed by atoms with Gasteiger partial charge in [-0.1, -0.05) is 71.8 Å². The van der Waals surface area contributed by atoms with Crippen LogP contribution in [0.15, 0.2) is 123 Å². The molecule has 0 bridgehead atoms. The second-order valence-corrected chi connectivity index (χ2v) is 9.06. The molecule has 0 aliphatic heterocycles. The maximum Gasteiger partial charge on any atom is 0.102 e. The van der Waals surface area contributed by atoms with Gasteiger partial charge >= 0.3 is 0 Å². The Labute approximate surface area is 187 Å². The molecule has 0 spiro atoms. The third-order valence-electron chi connectivity index (χ3n) is 4.73. The topological polar surface area (TPSA) is 15.6 Å². The molecule has 3 aromatic carbocycles. The highest BCUT2D eigenvalue weighted by atomic mass is 32.2. The van der Waals surface area contributed by atoms with Gasteiger partial charge in [0.25, 0.3) is 0 Å². The second-order valence-electron chi connectivity index (χ2n) is 7.18. The molecular weight excluding hydrogens is 404 g/mol. The highest BCUT2D eigenvalue weighted by molar-refractivity contribution is 8.00. The molecule has 2 nitrogen and oxygen atoms in total. The van der Waals surface area contributed by atoms with Crippen molar-refractivity contribution in [2.75, 3.05) is 4.31 Å². The molecule has 3 aromatic rings. The molecule has 4 rings (SSSR count). The molecule has 0 saturated carbocycles. The van der Waals surface area contributed by atoms with E-state index in [2.05, 4.69) is 103 Å². The zero-order valence-electron chi connectivity index (χ0n) is 17.1. The van der Waals surface area contributed by atoms with Crippen LogP contribution in [-0.4, -0.2) is 11.8 Å². The van der Waals surface area contributed by atoms with Crippen molar-refractivity contribution in [3.63, 3.8) is 0 Å². The minimum atomic E-state index is 0.0409. The fourth-order valence-electron chi connectivity index (χ4n) is 3.12. The Morgan fingerprint density at radius 2 is 1.37 bits per heavy atom. The van der Waals surface area contributed by atoms with E-state index in [1.807, 2.05) is 18.2 Å². The predicted octanol–water partition coefficient (Wildman–Crippen LogP) is 7.54. The summed E-state index contributed by atoms with van der Waals surface area (Å²) in [5.41, 5.74) is 4.70. The van der Waals surface area contributed by atoms with E-state index in [4.69, 9.17) is 4.40 Å². The summed E-state index contributed by atoms with van der Waals surface area (Å²) in [6.45, 7) is 4.26. The zero-order chi connectivity index (χ0) is 20.8. The van der Waals surface area contributed by atoms with E-state index < -0.39 is 0 Å². The van der Waals surface area contributed by atoms with E-state index in [0.717, 1.165) is 16.3 Å². The molecule has 0 aromatic heterocycles.